The van der Waals surface area contributed by atoms with Crippen molar-refractivity contribution < 1.29 is 14.6 Å². The first kappa shape index (κ1) is 30.4. The third-order valence-corrected chi connectivity index (χ3v) is 8.93. The first-order valence-electron chi connectivity index (χ1n) is 15.5. The molecule has 0 bridgehead atoms. The summed E-state index contributed by atoms with van der Waals surface area (Å²) in [6.45, 7) is 8.55. The Hall–Kier alpha value is -4.67. The Morgan fingerprint density at radius 1 is 0.933 bits per heavy atom. The number of aryl methyl sites for hydroxylation is 1. The maximum atomic E-state index is 11.6. The molecular weight excluding hydrogens is 566 g/mol. The number of benzene rings is 3. The Morgan fingerprint density at radius 2 is 1.69 bits per heavy atom. The lowest BCUT2D eigenvalue weighted by molar-refractivity contribution is 0.0982. The number of nitrogens with zero attached hydrogens (tertiary/aromatic N) is 5. The van der Waals surface area contributed by atoms with E-state index in [-0.39, 0.29) is 11.3 Å². The molecule has 6 rings (SSSR count). The molecule has 234 valence electrons. The lowest BCUT2D eigenvalue weighted by Gasteiger charge is -2.42. The molecule has 10 nitrogen and oxygen atoms in total. The first-order chi connectivity index (χ1) is 21.9. The zero-order valence-electron chi connectivity index (χ0n) is 26.2. The van der Waals surface area contributed by atoms with E-state index in [1.165, 1.54) is 0 Å². The smallest absolute Gasteiger partial charge is 0.229 e. The quantitative estimate of drug-likeness (QED) is 0.206. The SMILES string of the molecule is COc1cc(N2CCC(N3CCN(C)CC3)CC2)ccc1Nc1ncc(-c2cc(C=O)c(O)cc2C)c(Nc2ccccc2)n1. The van der Waals surface area contributed by atoms with Crippen molar-refractivity contribution in [2.45, 2.75) is 25.8 Å². The molecule has 2 saturated heterocycles. The van der Waals surface area contributed by atoms with Gasteiger partial charge in [0.25, 0.3) is 0 Å². The summed E-state index contributed by atoms with van der Waals surface area (Å²) >= 11 is 0. The molecule has 0 radical (unpaired) electrons. The van der Waals surface area contributed by atoms with Crippen LogP contribution >= 0.6 is 0 Å². The van der Waals surface area contributed by atoms with Gasteiger partial charge in [-0.25, -0.2) is 4.98 Å². The van der Waals surface area contributed by atoms with Crippen molar-refractivity contribution in [3.05, 3.63) is 78.0 Å². The van der Waals surface area contributed by atoms with Crippen LogP contribution in [0.3, 0.4) is 0 Å². The van der Waals surface area contributed by atoms with Crippen LogP contribution in [0.2, 0.25) is 0 Å². The van der Waals surface area contributed by atoms with Gasteiger partial charge in [0.2, 0.25) is 5.95 Å². The van der Waals surface area contributed by atoms with Crippen molar-refractivity contribution in [3.63, 3.8) is 0 Å². The van der Waals surface area contributed by atoms with E-state index in [4.69, 9.17) is 9.72 Å². The summed E-state index contributed by atoms with van der Waals surface area (Å²) in [5.74, 6) is 1.60. The number of likely N-dealkylation sites (N-methyl/N-ethyl adjacent to an activating group) is 1. The number of phenolic OH excluding ortho intramolecular Hbond substituents is 1. The molecule has 3 heterocycles. The molecular formula is C35H41N7O3. The fourth-order valence-electron chi connectivity index (χ4n) is 6.26. The molecule has 0 aliphatic carbocycles. The number of aromatic nitrogens is 2. The van der Waals surface area contributed by atoms with Crippen molar-refractivity contribution >= 4 is 35.1 Å². The fourth-order valence-corrected chi connectivity index (χ4v) is 6.26. The molecule has 0 saturated carbocycles. The molecule has 1 aromatic heterocycles. The number of anilines is 5. The molecule has 0 amide bonds. The summed E-state index contributed by atoms with van der Waals surface area (Å²) < 4.78 is 5.82. The number of phenols is 1. The van der Waals surface area contributed by atoms with E-state index in [1.54, 1.807) is 25.4 Å². The number of hydrogen-bond donors (Lipinski definition) is 3. The topological polar surface area (TPSA) is 106 Å². The Bertz CT molecular complexity index is 1630. The molecule has 2 fully saturated rings. The van der Waals surface area contributed by atoms with Crippen LogP contribution in [0.1, 0.15) is 28.8 Å². The minimum absolute atomic E-state index is 0.0574. The van der Waals surface area contributed by atoms with Crippen LogP contribution in [0, 0.1) is 6.92 Å². The second-order valence-electron chi connectivity index (χ2n) is 11.9. The second-order valence-corrected chi connectivity index (χ2v) is 11.9. The number of piperidine rings is 1. The van der Waals surface area contributed by atoms with Gasteiger partial charge in [-0.05, 0) is 74.3 Å². The van der Waals surface area contributed by atoms with Gasteiger partial charge >= 0.3 is 0 Å². The number of piperazine rings is 1. The second kappa shape index (κ2) is 13.5. The van der Waals surface area contributed by atoms with E-state index in [0.717, 1.165) is 80.3 Å². The zero-order chi connectivity index (χ0) is 31.3. The van der Waals surface area contributed by atoms with Gasteiger partial charge in [-0.15, -0.1) is 0 Å². The highest BCUT2D eigenvalue weighted by Gasteiger charge is 2.27. The van der Waals surface area contributed by atoms with E-state index < -0.39 is 0 Å². The Morgan fingerprint density at radius 3 is 2.40 bits per heavy atom. The Balaban J connectivity index is 1.22. The normalized spacial score (nSPS) is 16.4. The molecule has 0 atom stereocenters. The van der Waals surface area contributed by atoms with Crippen LogP contribution in [0.5, 0.6) is 11.5 Å². The molecule has 0 spiro atoms. The van der Waals surface area contributed by atoms with Gasteiger partial charge in [-0.1, -0.05) is 18.2 Å². The number of carbonyl (C=O) groups excluding carboxylic acids is 1. The minimum Gasteiger partial charge on any atom is -0.507 e. The summed E-state index contributed by atoms with van der Waals surface area (Å²) in [4.78, 5) is 28.6. The summed E-state index contributed by atoms with van der Waals surface area (Å²) in [6, 6.07) is 19.9. The fraction of sp³-hybridized carbons (Fsp3) is 0.343. The summed E-state index contributed by atoms with van der Waals surface area (Å²) in [7, 11) is 3.88. The lowest BCUT2D eigenvalue weighted by Crippen LogP contribution is -2.52. The highest BCUT2D eigenvalue weighted by Crippen LogP contribution is 2.37. The number of ether oxygens (including phenoxy) is 1. The van der Waals surface area contributed by atoms with E-state index in [0.29, 0.717) is 35.4 Å². The van der Waals surface area contributed by atoms with E-state index in [2.05, 4.69) is 49.5 Å². The first-order valence-corrected chi connectivity index (χ1v) is 15.5. The minimum atomic E-state index is -0.0574. The standard InChI is InChI=1S/C35H41N7O3/c1-24-19-32(44)25(23-43)20-29(24)30-22-36-35(39-34(30)37-26-7-5-4-6-8-26)38-31-10-9-28(21-33(31)45-3)41-13-11-27(12-14-41)42-17-15-40(2)16-18-42/h4-10,19-23,27,44H,11-18H2,1-3H3,(H2,36,37,38,39). The Labute approximate surface area is 264 Å². The number of carbonyl (C=O) groups is 1. The monoisotopic (exact) mass is 607 g/mol. The summed E-state index contributed by atoms with van der Waals surface area (Å²) in [5.41, 5.74) is 5.21. The number of para-hydroxylation sites is 1. The number of aromatic hydroxyl groups is 1. The van der Waals surface area contributed by atoms with Gasteiger partial charge in [0, 0.05) is 74.5 Å². The van der Waals surface area contributed by atoms with Gasteiger partial charge in [0.1, 0.15) is 17.3 Å². The molecule has 3 N–H and O–H groups in total. The number of methoxy groups -OCH3 is 1. The summed E-state index contributed by atoms with van der Waals surface area (Å²) in [6.07, 6.45) is 4.70. The van der Waals surface area contributed by atoms with Gasteiger partial charge in [-0.2, -0.15) is 4.98 Å². The summed E-state index contributed by atoms with van der Waals surface area (Å²) in [5, 5.41) is 16.9. The maximum absolute atomic E-state index is 11.6. The Kier molecular flexibility index (Phi) is 9.13. The van der Waals surface area contributed by atoms with Gasteiger partial charge in [0.15, 0.2) is 6.29 Å². The third kappa shape index (κ3) is 6.87. The average molecular weight is 608 g/mol. The van der Waals surface area contributed by atoms with Gasteiger partial charge in [0.05, 0.1) is 18.4 Å². The van der Waals surface area contributed by atoms with E-state index >= 15 is 0 Å². The largest absolute Gasteiger partial charge is 0.507 e. The van der Waals surface area contributed by atoms with Crippen molar-refractivity contribution in [1.29, 1.82) is 0 Å². The van der Waals surface area contributed by atoms with Crippen LogP contribution in [-0.4, -0.2) is 90.6 Å². The molecule has 4 aromatic rings. The van der Waals surface area contributed by atoms with E-state index in [9.17, 15) is 9.90 Å². The van der Waals surface area contributed by atoms with E-state index in [1.807, 2.05) is 43.3 Å². The highest BCUT2D eigenvalue weighted by molar-refractivity contribution is 5.87. The van der Waals surface area contributed by atoms with Crippen LogP contribution < -0.4 is 20.3 Å². The highest BCUT2D eigenvalue weighted by atomic mass is 16.5. The number of aldehydes is 1. The molecule has 45 heavy (non-hydrogen) atoms. The predicted octanol–water partition coefficient (Wildman–Crippen LogP) is 5.68. The van der Waals surface area contributed by atoms with Crippen molar-refractivity contribution in [1.82, 2.24) is 19.8 Å². The molecule has 2 aliphatic heterocycles. The van der Waals surface area contributed by atoms with Crippen LogP contribution in [0.15, 0.2) is 66.9 Å². The third-order valence-electron chi connectivity index (χ3n) is 8.93. The molecule has 2 aliphatic rings. The number of rotatable bonds is 9. The maximum Gasteiger partial charge on any atom is 0.229 e. The number of hydrogen-bond acceptors (Lipinski definition) is 10. The molecule has 0 unspecified atom stereocenters. The van der Waals surface area contributed by atoms with Crippen molar-refractivity contribution in [2.75, 3.05) is 69.0 Å². The van der Waals surface area contributed by atoms with Crippen LogP contribution in [-0.2, 0) is 0 Å². The molecule has 3 aromatic carbocycles. The lowest BCUT2D eigenvalue weighted by atomic mass is 9.99. The average Bonchev–Trinajstić information content (AvgIpc) is 3.06. The van der Waals surface area contributed by atoms with Crippen molar-refractivity contribution in [3.8, 4) is 22.6 Å². The zero-order valence-corrected chi connectivity index (χ0v) is 26.2. The van der Waals surface area contributed by atoms with Crippen LogP contribution in [0.25, 0.3) is 11.1 Å². The predicted molar refractivity (Wildman–Crippen MR) is 180 cm³/mol. The van der Waals surface area contributed by atoms with Crippen molar-refractivity contribution in [2.24, 2.45) is 0 Å². The van der Waals surface area contributed by atoms with Gasteiger partial charge in [-0.3, -0.25) is 9.69 Å². The number of nitrogens with one attached hydrogen (secondary N) is 2. The van der Waals surface area contributed by atoms with Crippen LogP contribution in [0.4, 0.5) is 28.8 Å². The van der Waals surface area contributed by atoms with Gasteiger partial charge < -0.3 is 30.3 Å². The molecule has 10 heteroatoms.